The first-order chi connectivity index (χ1) is 10.2. The molecule has 2 heteroatoms. The molecule has 0 radical (unpaired) electrons. The van der Waals surface area contributed by atoms with Gasteiger partial charge in [0.25, 0.3) is 0 Å². The summed E-state index contributed by atoms with van der Waals surface area (Å²) in [5, 5.41) is 3.85. The molecule has 1 N–H and O–H groups in total. The summed E-state index contributed by atoms with van der Waals surface area (Å²) in [5.74, 6) is 0.866. The fourth-order valence-corrected chi connectivity index (χ4v) is 3.61. The van der Waals surface area contributed by atoms with Crippen molar-refractivity contribution in [3.63, 3.8) is 0 Å². The smallest absolute Gasteiger partial charge is 0.0107 e. The summed E-state index contributed by atoms with van der Waals surface area (Å²) in [6.07, 6.45) is 12.3. The highest BCUT2D eigenvalue weighted by atomic mass is 15.2. The molecule has 1 saturated carbocycles. The highest BCUT2D eigenvalue weighted by molar-refractivity contribution is 4.83. The highest BCUT2D eigenvalue weighted by Crippen LogP contribution is 2.25. The number of nitrogens with one attached hydrogen (secondary N) is 1. The fourth-order valence-electron chi connectivity index (χ4n) is 3.61. The molecule has 1 aliphatic carbocycles. The zero-order chi connectivity index (χ0) is 15.5. The van der Waals surface area contributed by atoms with Gasteiger partial charge >= 0.3 is 0 Å². The monoisotopic (exact) mass is 296 g/mol. The van der Waals surface area contributed by atoms with Crippen LogP contribution in [0.3, 0.4) is 0 Å². The van der Waals surface area contributed by atoms with Crippen molar-refractivity contribution >= 4 is 0 Å². The molecule has 0 aromatic carbocycles. The highest BCUT2D eigenvalue weighted by Gasteiger charge is 2.26. The molecule has 2 nitrogen and oxygen atoms in total. The van der Waals surface area contributed by atoms with Gasteiger partial charge in [-0.1, -0.05) is 46.5 Å². The summed E-state index contributed by atoms with van der Waals surface area (Å²) < 4.78 is 0. The Morgan fingerprint density at radius 2 is 1.81 bits per heavy atom. The topological polar surface area (TPSA) is 15.3 Å². The number of hydrogen-bond acceptors (Lipinski definition) is 2. The van der Waals surface area contributed by atoms with Gasteiger partial charge in [0.15, 0.2) is 0 Å². The number of unbranched alkanes of at least 4 members (excludes halogenated alkanes) is 1. The molecule has 0 spiro atoms. The van der Waals surface area contributed by atoms with E-state index in [0.717, 1.165) is 18.0 Å². The van der Waals surface area contributed by atoms with Gasteiger partial charge in [-0.2, -0.15) is 0 Å². The Morgan fingerprint density at radius 3 is 2.48 bits per heavy atom. The van der Waals surface area contributed by atoms with Gasteiger partial charge in [-0.3, -0.25) is 0 Å². The van der Waals surface area contributed by atoms with E-state index >= 15 is 0 Å². The second kappa shape index (κ2) is 11.5. The van der Waals surface area contributed by atoms with E-state index in [1.54, 1.807) is 0 Å². The van der Waals surface area contributed by atoms with Crippen LogP contribution < -0.4 is 5.32 Å². The zero-order valence-corrected chi connectivity index (χ0v) is 15.2. The van der Waals surface area contributed by atoms with Crippen molar-refractivity contribution < 1.29 is 0 Å². The van der Waals surface area contributed by atoms with Gasteiger partial charge in [0, 0.05) is 18.6 Å². The molecular weight excluding hydrogens is 256 g/mol. The van der Waals surface area contributed by atoms with E-state index in [1.165, 1.54) is 77.4 Å². The van der Waals surface area contributed by atoms with E-state index < -0.39 is 0 Å². The van der Waals surface area contributed by atoms with E-state index in [4.69, 9.17) is 0 Å². The SMILES string of the molecule is CCCCN(CC1CCCCCC1NCCC)C(C)CC. The summed E-state index contributed by atoms with van der Waals surface area (Å²) in [6, 6.07) is 1.51. The average molecular weight is 297 g/mol. The second-order valence-electron chi connectivity index (χ2n) is 7.06. The molecule has 0 aromatic rings. The minimum Gasteiger partial charge on any atom is -0.314 e. The molecule has 3 atom stereocenters. The van der Waals surface area contributed by atoms with E-state index in [1.807, 2.05) is 0 Å². The first-order valence-corrected chi connectivity index (χ1v) is 9.70. The molecule has 0 saturated heterocycles. The summed E-state index contributed by atoms with van der Waals surface area (Å²) in [5.41, 5.74) is 0. The van der Waals surface area contributed by atoms with Crippen LogP contribution >= 0.6 is 0 Å². The van der Waals surface area contributed by atoms with Gasteiger partial charge in [0.1, 0.15) is 0 Å². The average Bonchev–Trinajstić information content (AvgIpc) is 2.73. The predicted octanol–water partition coefficient (Wildman–Crippen LogP) is 4.84. The second-order valence-corrected chi connectivity index (χ2v) is 7.06. The first-order valence-electron chi connectivity index (χ1n) is 9.70. The maximum absolute atomic E-state index is 3.85. The molecule has 1 aliphatic rings. The van der Waals surface area contributed by atoms with Crippen LogP contribution in [0.5, 0.6) is 0 Å². The normalized spacial score (nSPS) is 25.0. The lowest BCUT2D eigenvalue weighted by molar-refractivity contribution is 0.147. The summed E-state index contributed by atoms with van der Waals surface area (Å²) >= 11 is 0. The van der Waals surface area contributed by atoms with Crippen LogP contribution in [-0.2, 0) is 0 Å². The Labute approximate surface area is 134 Å². The molecule has 0 amide bonds. The van der Waals surface area contributed by atoms with Gasteiger partial charge in [0.2, 0.25) is 0 Å². The number of nitrogens with zero attached hydrogens (tertiary/aromatic N) is 1. The lowest BCUT2D eigenvalue weighted by Crippen LogP contribution is -2.45. The van der Waals surface area contributed by atoms with Crippen molar-refractivity contribution in [2.45, 2.75) is 97.6 Å². The molecule has 0 bridgehead atoms. The van der Waals surface area contributed by atoms with Crippen LogP contribution in [0.15, 0.2) is 0 Å². The zero-order valence-electron chi connectivity index (χ0n) is 15.2. The third kappa shape index (κ3) is 7.15. The Morgan fingerprint density at radius 1 is 1.05 bits per heavy atom. The van der Waals surface area contributed by atoms with Crippen LogP contribution in [-0.4, -0.2) is 36.6 Å². The van der Waals surface area contributed by atoms with Gasteiger partial charge in [-0.25, -0.2) is 0 Å². The molecule has 21 heavy (non-hydrogen) atoms. The largest absolute Gasteiger partial charge is 0.314 e. The van der Waals surface area contributed by atoms with Crippen molar-refractivity contribution in [3.05, 3.63) is 0 Å². The molecule has 126 valence electrons. The molecule has 0 aromatic heterocycles. The minimum atomic E-state index is 0.742. The van der Waals surface area contributed by atoms with E-state index in [-0.39, 0.29) is 0 Å². The Bertz CT molecular complexity index is 242. The predicted molar refractivity (Wildman–Crippen MR) is 94.9 cm³/mol. The van der Waals surface area contributed by atoms with Crippen LogP contribution in [0, 0.1) is 5.92 Å². The third-order valence-corrected chi connectivity index (χ3v) is 5.30. The van der Waals surface area contributed by atoms with Crippen molar-refractivity contribution in [1.82, 2.24) is 10.2 Å². The van der Waals surface area contributed by atoms with Crippen LogP contribution in [0.1, 0.15) is 85.5 Å². The van der Waals surface area contributed by atoms with Crippen molar-refractivity contribution in [1.29, 1.82) is 0 Å². The number of rotatable bonds is 10. The van der Waals surface area contributed by atoms with Crippen molar-refractivity contribution in [3.8, 4) is 0 Å². The molecule has 1 fully saturated rings. The van der Waals surface area contributed by atoms with E-state index in [2.05, 4.69) is 37.9 Å². The molecule has 3 unspecified atom stereocenters. The lowest BCUT2D eigenvalue weighted by atomic mass is 9.93. The summed E-state index contributed by atoms with van der Waals surface area (Å²) in [7, 11) is 0. The third-order valence-electron chi connectivity index (χ3n) is 5.30. The Kier molecular flexibility index (Phi) is 10.4. The molecule has 1 rings (SSSR count). The fraction of sp³-hybridized carbons (Fsp3) is 1.00. The van der Waals surface area contributed by atoms with Gasteiger partial charge < -0.3 is 10.2 Å². The first kappa shape index (κ1) is 19.0. The van der Waals surface area contributed by atoms with Crippen LogP contribution in [0.25, 0.3) is 0 Å². The number of hydrogen-bond donors (Lipinski definition) is 1. The van der Waals surface area contributed by atoms with Crippen molar-refractivity contribution in [2.24, 2.45) is 5.92 Å². The van der Waals surface area contributed by atoms with Crippen molar-refractivity contribution in [2.75, 3.05) is 19.6 Å². The van der Waals surface area contributed by atoms with Gasteiger partial charge in [0.05, 0.1) is 0 Å². The Hall–Kier alpha value is -0.0800. The van der Waals surface area contributed by atoms with Gasteiger partial charge in [-0.15, -0.1) is 0 Å². The Balaban J connectivity index is 2.61. The van der Waals surface area contributed by atoms with E-state index in [9.17, 15) is 0 Å². The molecule has 0 aliphatic heterocycles. The van der Waals surface area contributed by atoms with Crippen LogP contribution in [0.4, 0.5) is 0 Å². The van der Waals surface area contributed by atoms with Gasteiger partial charge in [-0.05, 0) is 58.0 Å². The quantitative estimate of drug-likeness (QED) is 0.581. The maximum Gasteiger partial charge on any atom is 0.0107 e. The molecule has 0 heterocycles. The van der Waals surface area contributed by atoms with Crippen LogP contribution in [0.2, 0.25) is 0 Å². The minimum absolute atomic E-state index is 0.742. The summed E-state index contributed by atoms with van der Waals surface area (Å²) in [6.45, 7) is 13.2. The lowest BCUT2D eigenvalue weighted by Gasteiger charge is -2.35. The van der Waals surface area contributed by atoms with E-state index in [0.29, 0.717) is 0 Å². The maximum atomic E-state index is 3.85. The summed E-state index contributed by atoms with van der Waals surface area (Å²) in [4.78, 5) is 2.78. The molecular formula is C19H40N2. The standard InChI is InChI=1S/C19H40N2/c1-5-8-15-21(17(4)7-3)16-18-12-10-9-11-13-19(18)20-14-6-2/h17-20H,5-16H2,1-4H3.